The topological polar surface area (TPSA) is 38.3 Å². The Bertz CT molecular complexity index is 540. The first kappa shape index (κ1) is 15.3. The first-order valence-electron chi connectivity index (χ1n) is 7.27. The quantitative estimate of drug-likeness (QED) is 0.789. The highest BCUT2D eigenvalue weighted by Gasteiger charge is 2.05. The van der Waals surface area contributed by atoms with Gasteiger partial charge in [-0.15, -0.1) is 0 Å². The lowest BCUT2D eigenvalue weighted by Crippen LogP contribution is -2.25. The predicted octanol–water partition coefficient (Wildman–Crippen LogP) is 3.58. The van der Waals surface area contributed by atoms with Gasteiger partial charge >= 0.3 is 0 Å². The highest BCUT2D eigenvalue weighted by atomic mass is 16.5. The minimum Gasteiger partial charge on any atom is -0.374 e. The molecule has 2 aromatic carbocycles. The number of carbonyl (C=O) groups excluding carboxylic acids is 1. The number of amides is 1. The number of benzene rings is 2. The van der Waals surface area contributed by atoms with Crippen LogP contribution in [-0.4, -0.2) is 19.1 Å². The first-order chi connectivity index (χ1) is 10.3. The third-order valence-electron chi connectivity index (χ3n) is 3.28. The Morgan fingerprint density at radius 3 is 2.33 bits per heavy atom. The van der Waals surface area contributed by atoms with E-state index in [0.717, 1.165) is 6.42 Å². The molecule has 0 fully saturated rings. The van der Waals surface area contributed by atoms with Crippen LogP contribution in [0.15, 0.2) is 60.7 Å². The van der Waals surface area contributed by atoms with E-state index in [9.17, 15) is 4.79 Å². The summed E-state index contributed by atoms with van der Waals surface area (Å²) in [5.41, 5.74) is 1.86. The van der Waals surface area contributed by atoms with Crippen molar-refractivity contribution in [1.29, 1.82) is 0 Å². The van der Waals surface area contributed by atoms with Gasteiger partial charge in [-0.05, 0) is 31.0 Å². The molecule has 2 aromatic rings. The predicted molar refractivity (Wildman–Crippen MR) is 84.2 cm³/mol. The lowest BCUT2D eigenvalue weighted by atomic mass is 10.1. The highest BCUT2D eigenvalue weighted by molar-refractivity contribution is 5.94. The Hall–Kier alpha value is -2.13. The van der Waals surface area contributed by atoms with Crippen molar-refractivity contribution in [3.8, 4) is 0 Å². The van der Waals surface area contributed by atoms with Gasteiger partial charge in [0.1, 0.15) is 0 Å². The first-order valence-corrected chi connectivity index (χ1v) is 7.27. The van der Waals surface area contributed by atoms with E-state index < -0.39 is 0 Å². The van der Waals surface area contributed by atoms with Crippen LogP contribution in [0.1, 0.15) is 35.4 Å². The van der Waals surface area contributed by atoms with Gasteiger partial charge in [0.25, 0.3) is 5.91 Å². The van der Waals surface area contributed by atoms with Crippen LogP contribution in [0, 0.1) is 0 Å². The zero-order valence-corrected chi connectivity index (χ0v) is 12.3. The van der Waals surface area contributed by atoms with Gasteiger partial charge in [0.2, 0.25) is 0 Å². The lowest BCUT2D eigenvalue weighted by Gasteiger charge is -2.13. The number of carbonyl (C=O) groups is 1. The Kier molecular flexibility index (Phi) is 5.98. The smallest absolute Gasteiger partial charge is 0.251 e. The summed E-state index contributed by atoms with van der Waals surface area (Å²) >= 11 is 0. The Balaban J connectivity index is 1.63. The van der Waals surface area contributed by atoms with Crippen LogP contribution in [0.5, 0.6) is 0 Å². The number of ether oxygens (including phenoxy) is 1. The van der Waals surface area contributed by atoms with Crippen molar-refractivity contribution < 1.29 is 9.53 Å². The zero-order chi connectivity index (χ0) is 14.9. The maximum Gasteiger partial charge on any atom is 0.251 e. The van der Waals surface area contributed by atoms with Crippen molar-refractivity contribution in [3.05, 3.63) is 71.8 Å². The molecule has 2 rings (SSSR count). The van der Waals surface area contributed by atoms with Crippen molar-refractivity contribution in [2.24, 2.45) is 0 Å². The van der Waals surface area contributed by atoms with Gasteiger partial charge in [-0.25, -0.2) is 0 Å². The Labute approximate surface area is 126 Å². The van der Waals surface area contributed by atoms with Crippen LogP contribution in [0.25, 0.3) is 0 Å². The summed E-state index contributed by atoms with van der Waals surface area (Å²) < 4.78 is 5.76. The molecule has 0 aliphatic carbocycles. The SMILES string of the molecule is CC(OCCCNC(=O)c1ccccc1)c1ccccc1. The van der Waals surface area contributed by atoms with Crippen molar-refractivity contribution in [2.75, 3.05) is 13.2 Å². The maximum atomic E-state index is 11.8. The normalized spacial score (nSPS) is 11.9. The molecule has 0 radical (unpaired) electrons. The molecule has 1 N–H and O–H groups in total. The largest absolute Gasteiger partial charge is 0.374 e. The second-order valence-corrected chi connectivity index (χ2v) is 4.90. The van der Waals surface area contributed by atoms with Crippen LogP contribution in [0.4, 0.5) is 0 Å². The third kappa shape index (κ3) is 5.04. The van der Waals surface area contributed by atoms with Crippen LogP contribution in [0.2, 0.25) is 0 Å². The average molecular weight is 283 g/mol. The summed E-state index contributed by atoms with van der Waals surface area (Å²) in [6.07, 6.45) is 0.881. The van der Waals surface area contributed by atoms with Gasteiger partial charge in [-0.3, -0.25) is 4.79 Å². The monoisotopic (exact) mass is 283 g/mol. The molecule has 0 saturated carbocycles. The zero-order valence-electron chi connectivity index (χ0n) is 12.3. The van der Waals surface area contributed by atoms with Crippen LogP contribution in [0.3, 0.4) is 0 Å². The standard InChI is InChI=1S/C18H21NO2/c1-15(16-9-4-2-5-10-16)21-14-8-13-19-18(20)17-11-6-3-7-12-17/h2-7,9-12,15H,8,13-14H2,1H3,(H,19,20). The van der Waals surface area contributed by atoms with Crippen molar-refractivity contribution >= 4 is 5.91 Å². The molecule has 3 nitrogen and oxygen atoms in total. The molecule has 3 heteroatoms. The van der Waals surface area contributed by atoms with E-state index >= 15 is 0 Å². The minimum atomic E-state index is -0.0355. The summed E-state index contributed by atoms with van der Waals surface area (Å²) in [5, 5.41) is 2.89. The Morgan fingerprint density at radius 1 is 1.05 bits per heavy atom. The molecule has 0 aliphatic rings. The van der Waals surface area contributed by atoms with Crippen molar-refractivity contribution in [3.63, 3.8) is 0 Å². The molecule has 0 bridgehead atoms. The van der Waals surface area contributed by atoms with Gasteiger partial charge in [0.15, 0.2) is 0 Å². The van der Waals surface area contributed by atoms with Crippen LogP contribution < -0.4 is 5.32 Å². The summed E-state index contributed by atoms with van der Waals surface area (Å²) in [5.74, 6) is -0.0355. The van der Waals surface area contributed by atoms with Gasteiger partial charge < -0.3 is 10.1 Å². The van der Waals surface area contributed by atoms with Crippen LogP contribution >= 0.6 is 0 Å². The molecule has 0 aliphatic heterocycles. The number of nitrogens with one attached hydrogen (secondary N) is 1. The van der Waals surface area contributed by atoms with E-state index in [4.69, 9.17) is 4.74 Å². The van der Waals surface area contributed by atoms with E-state index in [1.165, 1.54) is 5.56 Å². The van der Waals surface area contributed by atoms with E-state index in [2.05, 4.69) is 17.4 Å². The van der Waals surface area contributed by atoms with Gasteiger partial charge in [0, 0.05) is 18.7 Å². The summed E-state index contributed by atoms with van der Waals surface area (Å²) in [4.78, 5) is 11.8. The molecule has 1 atom stereocenters. The summed E-state index contributed by atoms with van der Waals surface area (Å²) in [6.45, 7) is 3.29. The molecule has 0 spiro atoms. The Morgan fingerprint density at radius 2 is 1.67 bits per heavy atom. The average Bonchev–Trinajstić information content (AvgIpc) is 2.55. The number of hydrogen-bond acceptors (Lipinski definition) is 2. The maximum absolute atomic E-state index is 11.8. The molecule has 21 heavy (non-hydrogen) atoms. The molecule has 1 amide bonds. The van der Waals surface area contributed by atoms with Gasteiger partial charge in [0.05, 0.1) is 6.10 Å². The molecule has 1 unspecified atom stereocenters. The summed E-state index contributed by atoms with van der Waals surface area (Å²) in [6, 6.07) is 19.4. The number of rotatable bonds is 7. The van der Waals surface area contributed by atoms with Gasteiger partial charge in [-0.2, -0.15) is 0 Å². The van der Waals surface area contributed by atoms with Crippen LogP contribution in [-0.2, 0) is 4.74 Å². The second-order valence-electron chi connectivity index (χ2n) is 4.90. The second kappa shape index (κ2) is 8.22. The highest BCUT2D eigenvalue weighted by Crippen LogP contribution is 2.15. The van der Waals surface area contributed by atoms with E-state index in [0.29, 0.717) is 18.7 Å². The molecule has 0 heterocycles. The molecule has 0 saturated heterocycles. The lowest BCUT2D eigenvalue weighted by molar-refractivity contribution is 0.0635. The van der Waals surface area contributed by atoms with Crippen molar-refractivity contribution in [2.45, 2.75) is 19.4 Å². The summed E-state index contributed by atoms with van der Waals surface area (Å²) in [7, 11) is 0. The molecule has 110 valence electrons. The molecular weight excluding hydrogens is 262 g/mol. The number of hydrogen-bond donors (Lipinski definition) is 1. The van der Waals surface area contributed by atoms with E-state index in [1.54, 1.807) is 0 Å². The van der Waals surface area contributed by atoms with Gasteiger partial charge in [-0.1, -0.05) is 48.5 Å². The van der Waals surface area contributed by atoms with E-state index in [1.807, 2.05) is 55.5 Å². The molecular formula is C18H21NO2. The van der Waals surface area contributed by atoms with Crippen molar-refractivity contribution in [1.82, 2.24) is 5.32 Å². The van der Waals surface area contributed by atoms with E-state index in [-0.39, 0.29) is 12.0 Å². The molecule has 0 aromatic heterocycles. The minimum absolute atomic E-state index is 0.0355. The fourth-order valence-electron chi connectivity index (χ4n) is 2.05. The third-order valence-corrected chi connectivity index (χ3v) is 3.28. The fraction of sp³-hybridized carbons (Fsp3) is 0.278. The fourth-order valence-corrected chi connectivity index (χ4v) is 2.05.